The molecule has 29 N–H and O–H groups in total. The van der Waals surface area contributed by atoms with E-state index in [1.165, 1.54) is 62.4 Å². The number of nitrogens with zero attached hydrogens (tertiary/aromatic N) is 1. The molecule has 0 saturated carbocycles. The van der Waals surface area contributed by atoms with Crippen LogP contribution in [0.3, 0.4) is 0 Å². The zero-order valence-electron chi connectivity index (χ0n) is 82.2. The molecular formula is C97H136N20O28. The summed E-state index contributed by atoms with van der Waals surface area (Å²) in [5.74, 6) is -28.1. The molecular weight excluding hydrogens is 1890 g/mol. The highest BCUT2D eigenvalue weighted by molar-refractivity contribution is 6.03. The number of phenols is 2. The molecule has 0 bridgehead atoms. The van der Waals surface area contributed by atoms with E-state index in [9.17, 15) is 136 Å². The van der Waals surface area contributed by atoms with Crippen LogP contribution in [-0.4, -0.2) is 293 Å². The van der Waals surface area contributed by atoms with Crippen molar-refractivity contribution in [2.45, 2.75) is 268 Å². The largest absolute Gasteiger partial charge is 0.508 e. The molecule has 1 saturated heterocycles. The van der Waals surface area contributed by atoms with Gasteiger partial charge in [-0.05, 0) is 135 Å². The fourth-order valence-electron chi connectivity index (χ4n) is 15.8. The van der Waals surface area contributed by atoms with Crippen LogP contribution in [0.1, 0.15) is 168 Å². The molecule has 0 aliphatic carbocycles. The number of aromatic nitrogens is 1. The lowest BCUT2D eigenvalue weighted by Crippen LogP contribution is -2.62. The van der Waals surface area contributed by atoms with Crippen LogP contribution in [0, 0.1) is 23.7 Å². The Balaban J connectivity index is 1.16. The molecule has 19 atom stereocenters. The summed E-state index contributed by atoms with van der Waals surface area (Å²) in [6.45, 7) is 12.0. The van der Waals surface area contributed by atoms with E-state index in [4.69, 9.17) is 17.2 Å². The maximum atomic E-state index is 14.9. The second kappa shape index (κ2) is 58.4. The van der Waals surface area contributed by atoms with Crippen LogP contribution in [0.4, 0.5) is 0 Å². The van der Waals surface area contributed by atoms with Crippen molar-refractivity contribution in [3.8, 4) is 11.5 Å². The van der Waals surface area contributed by atoms with Gasteiger partial charge in [0.25, 0.3) is 0 Å². The van der Waals surface area contributed by atoms with Crippen molar-refractivity contribution in [2.75, 3.05) is 26.2 Å². The standard InChI is InChI=1S/C97H136N20O28/c1-10-50(6)79(114-89(137)67(41-56-29-33-59(120)34-30-56)109-96(144)82(53(9)118)116-90(138)68(43-72(100)121)110-94(142)80(51(7)11-2)113-83(131)61(99)42-57-46-101-62-24-17-16-23-60(57)62)92(140)102-47-73(122)104-64(35-36-74(123)124)97(145)117-38-20-26-71(117)91(139)115-81(52(8)12-3)95(143)108-66(40-55-27-31-58(119)32-28-55)88(136)112-78(49(4)5)93(141)111-70(45-76(127)128)87(135)107-69(44-75(125)126)86(134)106-65(39-54-21-14-13-15-22-54)85(133)105-63(25-18-19-37-98)84(132)103-48-77(129)130/h13-17,21-24,27-34,46,49-53,61,63-71,78-82,101,118-120H,10-12,18-20,25-26,35-45,47-48,98-99H2,1-9H3,(H2,100,121)(H,102,140)(H,103,132)(H,104,122)(H,105,133)(H,106,134)(H,107,135)(H,108,143)(H,109,144)(H,110,142)(H,111,141)(H,112,136)(H,113,131)(H,114,137)(H,115,139)(H,116,138)(H,123,124)(H,125,126)(H,127,128)(H,129,130)/t50-,51-,52-,53+,61-,63-,64-,65-,66-,67-,68-,69-,70-,71-,78-,79-,80-,81-,82-/m0/s1. The maximum absolute atomic E-state index is 14.9. The first-order valence-electron chi connectivity index (χ1n) is 47.8. The van der Waals surface area contributed by atoms with Crippen molar-refractivity contribution in [3.05, 3.63) is 132 Å². The second-order valence-corrected chi connectivity index (χ2v) is 36.3. The van der Waals surface area contributed by atoms with Crippen molar-refractivity contribution in [3.63, 3.8) is 0 Å². The number of carboxylic acid groups (broad SMARTS) is 4. The number of fused-ring (bicyclic) bond motifs is 1. The number of carbonyl (C=O) groups is 21. The van der Waals surface area contributed by atoms with Gasteiger partial charge in [-0.1, -0.05) is 147 Å². The highest BCUT2D eigenvalue weighted by Gasteiger charge is 2.44. The van der Waals surface area contributed by atoms with Crippen molar-refractivity contribution >= 4 is 135 Å². The van der Waals surface area contributed by atoms with Gasteiger partial charge in [0.1, 0.15) is 103 Å². The summed E-state index contributed by atoms with van der Waals surface area (Å²) in [5.41, 5.74) is 20.1. The van der Waals surface area contributed by atoms with E-state index in [0.717, 1.165) is 28.3 Å². The number of carbonyl (C=O) groups excluding carboxylic acids is 17. The first-order valence-corrected chi connectivity index (χ1v) is 47.8. The van der Waals surface area contributed by atoms with Crippen molar-refractivity contribution in [1.82, 2.24) is 89.6 Å². The predicted octanol–water partition coefficient (Wildman–Crippen LogP) is -3.22. The van der Waals surface area contributed by atoms with Gasteiger partial charge in [0.15, 0.2) is 0 Å². The van der Waals surface area contributed by atoms with Gasteiger partial charge in [-0.2, -0.15) is 0 Å². The molecule has 1 aromatic heterocycles. The second-order valence-electron chi connectivity index (χ2n) is 36.3. The summed E-state index contributed by atoms with van der Waals surface area (Å²) in [4.78, 5) is 295. The smallest absolute Gasteiger partial charge is 0.322 e. The molecule has 0 spiro atoms. The van der Waals surface area contributed by atoms with Gasteiger partial charge in [-0.15, -0.1) is 0 Å². The Morgan fingerprint density at radius 3 is 1.31 bits per heavy atom. The van der Waals surface area contributed by atoms with Gasteiger partial charge in [0.05, 0.1) is 38.0 Å². The Kier molecular flexibility index (Phi) is 47.7. The molecule has 145 heavy (non-hydrogen) atoms. The number of para-hydroxylation sites is 1. The van der Waals surface area contributed by atoms with Crippen LogP contribution >= 0.6 is 0 Å². The molecule has 6 rings (SSSR count). The fourth-order valence-corrected chi connectivity index (χ4v) is 15.8. The third-order valence-electron chi connectivity index (χ3n) is 24.7. The lowest BCUT2D eigenvalue weighted by Gasteiger charge is -2.32. The minimum Gasteiger partial charge on any atom is -0.508 e. The lowest BCUT2D eigenvalue weighted by atomic mass is 9.96. The Labute approximate surface area is 835 Å². The summed E-state index contributed by atoms with van der Waals surface area (Å²) >= 11 is 0. The average molecular weight is 2030 g/mol. The molecule has 2 heterocycles. The summed E-state index contributed by atoms with van der Waals surface area (Å²) in [5, 5.41) is 108. The highest BCUT2D eigenvalue weighted by atomic mass is 16.4. The third kappa shape index (κ3) is 38.2. The number of likely N-dealkylation sites (tertiary alicyclic amines) is 1. The van der Waals surface area contributed by atoms with Crippen LogP contribution in [0.2, 0.25) is 0 Å². The van der Waals surface area contributed by atoms with E-state index >= 15 is 0 Å². The number of benzene rings is 4. The molecule has 17 amide bonds. The van der Waals surface area contributed by atoms with Gasteiger partial charge >= 0.3 is 23.9 Å². The summed E-state index contributed by atoms with van der Waals surface area (Å²) < 4.78 is 0. The Hall–Kier alpha value is -15.2. The summed E-state index contributed by atoms with van der Waals surface area (Å²) in [6, 6.07) is 0.906. The molecule has 48 heteroatoms. The van der Waals surface area contributed by atoms with Crippen molar-refractivity contribution < 1.29 is 136 Å². The van der Waals surface area contributed by atoms with E-state index in [1.807, 2.05) is 24.3 Å². The number of hydrogen-bond donors (Lipinski definition) is 26. The Morgan fingerprint density at radius 2 is 0.821 bits per heavy atom. The Bertz CT molecular complexity index is 5360. The molecule has 4 aromatic carbocycles. The van der Waals surface area contributed by atoms with Crippen molar-refractivity contribution in [2.24, 2.45) is 40.9 Å². The average Bonchev–Trinajstić information content (AvgIpc) is 1.72. The molecule has 5 aromatic rings. The van der Waals surface area contributed by atoms with E-state index < -0.39 is 303 Å². The number of hydrogen-bond acceptors (Lipinski definition) is 26. The lowest BCUT2D eigenvalue weighted by molar-refractivity contribution is -0.144. The number of H-pyrrole nitrogens is 1. The van der Waals surface area contributed by atoms with Crippen molar-refractivity contribution in [1.29, 1.82) is 0 Å². The number of nitrogens with two attached hydrogens (primary N) is 3. The zero-order valence-corrected chi connectivity index (χ0v) is 82.2. The van der Waals surface area contributed by atoms with E-state index in [-0.39, 0.29) is 76.0 Å². The first kappa shape index (κ1) is 118. The zero-order chi connectivity index (χ0) is 108. The molecule has 1 aliphatic heterocycles. The van der Waals surface area contributed by atoms with Crippen LogP contribution in [0.25, 0.3) is 10.9 Å². The van der Waals surface area contributed by atoms with Gasteiger partial charge in [-0.25, -0.2) is 0 Å². The topological polar surface area (TPSA) is 778 Å². The van der Waals surface area contributed by atoms with Crippen LogP contribution in [0.15, 0.2) is 109 Å². The number of primary amides is 1. The van der Waals surface area contributed by atoms with Crippen LogP contribution in [-0.2, 0) is 126 Å². The van der Waals surface area contributed by atoms with E-state index in [2.05, 4.69) is 84.7 Å². The van der Waals surface area contributed by atoms with Gasteiger partial charge in [0.2, 0.25) is 100 Å². The molecule has 0 unspecified atom stereocenters. The van der Waals surface area contributed by atoms with E-state index in [1.54, 1.807) is 78.1 Å². The summed E-state index contributed by atoms with van der Waals surface area (Å²) in [7, 11) is 0. The normalized spacial score (nSPS) is 16.0. The van der Waals surface area contributed by atoms with E-state index in [0.29, 0.717) is 29.5 Å². The maximum Gasteiger partial charge on any atom is 0.322 e. The Morgan fingerprint density at radius 1 is 0.407 bits per heavy atom. The first-order chi connectivity index (χ1) is 68.6. The SMILES string of the molecule is CC[C@H](C)[C@H](NC(=O)[C@H](Cc1ccc(O)cc1)NC(=O)[C@@H](NC(=O)[C@H](CC(N)=O)NC(=O)[C@@H](NC(=O)[C@@H](N)Cc1c[nH]c2ccccc12)[C@@H](C)CC)[C@@H](C)O)C(=O)NCC(=O)N[C@@H](CCC(=O)O)C(=O)N1CCC[C@H]1C(=O)N[C@H](C(=O)N[C@@H](Cc1ccc(O)cc1)C(=O)N[C@H](C(=O)N[C@@H](CC(=O)O)C(=O)N[C@@H](CC(=O)O)C(=O)N[C@@H](Cc1ccccc1)C(=O)N[C@@H](CCCCN)C(=O)NCC(=O)O)C(C)C)[C@@H](C)CC. The van der Waals surface area contributed by atoms with Gasteiger partial charge < -0.3 is 143 Å². The molecule has 0 radical (unpaired) electrons. The van der Waals surface area contributed by atoms with Gasteiger partial charge in [-0.3, -0.25) is 101 Å². The van der Waals surface area contributed by atoms with Crippen LogP contribution < -0.4 is 97.0 Å². The number of aliphatic hydroxyl groups excluding tert-OH is 1. The van der Waals surface area contributed by atoms with Crippen LogP contribution in [0.5, 0.6) is 11.5 Å². The number of amides is 17. The minimum absolute atomic E-state index is 0.0495. The fraction of sp³-hybridized carbons (Fsp3) is 0.515. The number of phenolic OH excluding ortho intramolecular Hbond substituents is 2. The number of aliphatic hydroxyl groups is 1. The minimum atomic E-state index is -2.16. The molecule has 792 valence electrons. The predicted molar refractivity (Wildman–Crippen MR) is 520 cm³/mol. The highest BCUT2D eigenvalue weighted by Crippen LogP contribution is 2.25. The number of nitrogens with one attached hydrogen (secondary N) is 16. The summed E-state index contributed by atoms with van der Waals surface area (Å²) in [6.07, 6.45) is -4.46. The molecule has 1 aliphatic rings. The number of aromatic amines is 1. The number of aliphatic carboxylic acids is 4. The quantitative estimate of drug-likeness (QED) is 0.0170. The number of rotatable bonds is 61. The molecule has 1 fully saturated rings. The number of unbranched alkanes of at least 4 members (excludes halogenated alkanes) is 1. The number of carboxylic acids is 4. The van der Waals surface area contributed by atoms with Gasteiger partial charge in [0, 0.05) is 49.3 Å². The number of aromatic hydroxyl groups is 2. The molecule has 48 nitrogen and oxygen atoms in total. The monoisotopic (exact) mass is 2030 g/mol. The third-order valence-corrected chi connectivity index (χ3v) is 24.7.